The lowest BCUT2D eigenvalue weighted by Crippen LogP contribution is -2.41. The predicted octanol–water partition coefficient (Wildman–Crippen LogP) is 1.95. The molecule has 0 bridgehead atoms. The molecule has 1 aromatic heterocycles. The van der Waals surface area contributed by atoms with Crippen molar-refractivity contribution in [3.05, 3.63) is 52.4 Å². The summed E-state index contributed by atoms with van der Waals surface area (Å²) in [7, 11) is 1.30. The number of ether oxygens (including phenoxy) is 1. The van der Waals surface area contributed by atoms with E-state index in [1.54, 1.807) is 35.7 Å². The first-order valence-corrected chi connectivity index (χ1v) is 9.00. The Balaban J connectivity index is 0.00000261. The van der Waals surface area contributed by atoms with Crippen LogP contribution in [0.1, 0.15) is 32.7 Å². The van der Waals surface area contributed by atoms with E-state index in [4.69, 9.17) is 10.5 Å². The fourth-order valence-corrected chi connectivity index (χ4v) is 3.74. The Hall–Kier alpha value is -2.42. The third-order valence-electron chi connectivity index (χ3n) is 4.26. The molecule has 9 heteroatoms. The molecule has 144 valence electrons. The summed E-state index contributed by atoms with van der Waals surface area (Å²) in [6, 6.07) is 7.94. The molecule has 1 unspecified atom stereocenters. The second kappa shape index (κ2) is 8.98. The van der Waals surface area contributed by atoms with E-state index in [1.807, 2.05) is 0 Å². The molecule has 1 aliphatic rings. The maximum atomic E-state index is 12.7. The van der Waals surface area contributed by atoms with Gasteiger partial charge in [-0.3, -0.25) is 9.59 Å². The molecule has 1 atom stereocenters. The van der Waals surface area contributed by atoms with Gasteiger partial charge in [0, 0.05) is 18.7 Å². The normalized spacial score (nSPS) is 16.0. The zero-order chi connectivity index (χ0) is 18.7. The van der Waals surface area contributed by atoms with Crippen molar-refractivity contribution in [3.8, 4) is 0 Å². The Bertz CT molecular complexity index is 837. The number of halogens is 1. The molecule has 0 aliphatic carbocycles. The molecule has 2 heterocycles. The molecule has 1 aromatic carbocycles. The van der Waals surface area contributed by atoms with Crippen molar-refractivity contribution in [2.75, 3.05) is 18.6 Å². The Morgan fingerprint density at radius 3 is 2.63 bits per heavy atom. The highest BCUT2D eigenvalue weighted by Gasteiger charge is 2.36. The van der Waals surface area contributed by atoms with Crippen LogP contribution in [0.15, 0.2) is 35.7 Å². The fourth-order valence-electron chi connectivity index (χ4n) is 2.82. The van der Waals surface area contributed by atoms with E-state index in [0.29, 0.717) is 35.6 Å². The first-order valence-electron chi connectivity index (χ1n) is 8.12. The van der Waals surface area contributed by atoms with E-state index in [1.165, 1.54) is 23.3 Å². The molecule has 1 aliphatic heterocycles. The van der Waals surface area contributed by atoms with Crippen LogP contribution in [0.2, 0.25) is 0 Å². The van der Waals surface area contributed by atoms with Crippen LogP contribution in [0.5, 0.6) is 0 Å². The molecule has 2 aromatic rings. The standard InChI is InChI=1S/C18H19N3O4S.ClH/c1-25-18(24)13-7-9-26-17(13)21-8-6-14(16(21)23)20-15(22)12-4-2-11(10-19)3-5-12;/h2-5,7,9,14H,6,8,10,19H2,1H3,(H,20,22);1H. The molecule has 0 saturated carbocycles. The molecular formula is C18H20ClN3O4S. The van der Waals surface area contributed by atoms with Crippen LogP contribution in [-0.2, 0) is 16.1 Å². The van der Waals surface area contributed by atoms with Crippen molar-refractivity contribution in [3.63, 3.8) is 0 Å². The van der Waals surface area contributed by atoms with Gasteiger partial charge in [0.25, 0.3) is 5.91 Å². The van der Waals surface area contributed by atoms with Crippen molar-refractivity contribution in [2.45, 2.75) is 19.0 Å². The molecular weight excluding hydrogens is 390 g/mol. The van der Waals surface area contributed by atoms with E-state index < -0.39 is 12.0 Å². The highest BCUT2D eigenvalue weighted by molar-refractivity contribution is 7.14. The van der Waals surface area contributed by atoms with Gasteiger partial charge in [-0.05, 0) is 35.6 Å². The number of carbonyl (C=O) groups is 3. The molecule has 1 fully saturated rings. The summed E-state index contributed by atoms with van der Waals surface area (Å²) in [6.07, 6.45) is 0.476. The summed E-state index contributed by atoms with van der Waals surface area (Å²) in [5, 5.41) is 5.05. The SMILES string of the molecule is COC(=O)c1ccsc1N1CCC(NC(=O)c2ccc(CN)cc2)C1=O.Cl. The summed E-state index contributed by atoms with van der Waals surface area (Å²) >= 11 is 1.30. The molecule has 0 radical (unpaired) electrons. The number of rotatable bonds is 5. The summed E-state index contributed by atoms with van der Waals surface area (Å²) in [6.45, 7) is 0.835. The number of carbonyl (C=O) groups excluding carboxylic acids is 3. The average molecular weight is 410 g/mol. The Kier molecular flexibility index (Phi) is 6.95. The molecule has 27 heavy (non-hydrogen) atoms. The topological polar surface area (TPSA) is 102 Å². The average Bonchev–Trinajstić information content (AvgIpc) is 3.28. The quantitative estimate of drug-likeness (QED) is 0.735. The summed E-state index contributed by atoms with van der Waals surface area (Å²) in [5.41, 5.74) is 7.31. The maximum Gasteiger partial charge on any atom is 0.340 e. The van der Waals surface area contributed by atoms with E-state index in [2.05, 4.69) is 5.32 Å². The van der Waals surface area contributed by atoms with Crippen molar-refractivity contribution in [2.24, 2.45) is 5.73 Å². The molecule has 3 N–H and O–H groups in total. The van der Waals surface area contributed by atoms with Crippen LogP contribution in [0.4, 0.5) is 5.00 Å². The number of amides is 2. The van der Waals surface area contributed by atoms with Gasteiger partial charge in [-0.25, -0.2) is 4.79 Å². The minimum atomic E-state index is -0.621. The lowest BCUT2D eigenvalue weighted by Gasteiger charge is -2.17. The Morgan fingerprint density at radius 1 is 1.30 bits per heavy atom. The molecule has 3 rings (SSSR count). The monoisotopic (exact) mass is 409 g/mol. The van der Waals surface area contributed by atoms with Crippen molar-refractivity contribution in [1.82, 2.24) is 5.32 Å². The van der Waals surface area contributed by atoms with Gasteiger partial charge in [-0.2, -0.15) is 0 Å². The largest absolute Gasteiger partial charge is 0.465 e. The predicted molar refractivity (Wildman–Crippen MR) is 105 cm³/mol. The van der Waals surface area contributed by atoms with Gasteiger partial charge in [0.05, 0.1) is 12.7 Å². The first-order chi connectivity index (χ1) is 12.5. The van der Waals surface area contributed by atoms with Crippen LogP contribution < -0.4 is 16.0 Å². The minimum Gasteiger partial charge on any atom is -0.465 e. The lowest BCUT2D eigenvalue weighted by atomic mass is 10.1. The van der Waals surface area contributed by atoms with Gasteiger partial charge in [0.15, 0.2) is 0 Å². The Morgan fingerprint density at radius 2 is 2.00 bits per heavy atom. The highest BCUT2D eigenvalue weighted by atomic mass is 35.5. The van der Waals surface area contributed by atoms with E-state index in [-0.39, 0.29) is 24.2 Å². The van der Waals surface area contributed by atoms with E-state index in [9.17, 15) is 14.4 Å². The zero-order valence-corrected chi connectivity index (χ0v) is 16.3. The number of esters is 1. The van der Waals surface area contributed by atoms with E-state index in [0.717, 1.165) is 5.56 Å². The second-order valence-corrected chi connectivity index (χ2v) is 6.73. The number of nitrogens with zero attached hydrogens (tertiary/aromatic N) is 1. The molecule has 2 amide bonds. The number of methoxy groups -OCH3 is 1. The number of benzene rings is 1. The maximum absolute atomic E-state index is 12.7. The Labute approximate surface area is 166 Å². The summed E-state index contributed by atoms with van der Waals surface area (Å²) < 4.78 is 4.75. The van der Waals surface area contributed by atoms with Crippen molar-refractivity contribution in [1.29, 1.82) is 0 Å². The van der Waals surface area contributed by atoms with Crippen LogP contribution >= 0.6 is 23.7 Å². The molecule has 0 spiro atoms. The van der Waals surface area contributed by atoms with Crippen LogP contribution in [0.3, 0.4) is 0 Å². The summed E-state index contributed by atoms with van der Waals surface area (Å²) in [4.78, 5) is 38.4. The van der Waals surface area contributed by atoms with Crippen LogP contribution in [0.25, 0.3) is 0 Å². The van der Waals surface area contributed by atoms with E-state index >= 15 is 0 Å². The van der Waals surface area contributed by atoms with Gasteiger partial charge in [-0.15, -0.1) is 23.7 Å². The fraction of sp³-hybridized carbons (Fsp3) is 0.278. The lowest BCUT2D eigenvalue weighted by molar-refractivity contribution is -0.118. The third-order valence-corrected chi connectivity index (χ3v) is 5.19. The molecule has 7 nitrogen and oxygen atoms in total. The highest BCUT2D eigenvalue weighted by Crippen LogP contribution is 2.31. The van der Waals surface area contributed by atoms with Gasteiger partial charge in [0.2, 0.25) is 5.91 Å². The van der Waals surface area contributed by atoms with Crippen LogP contribution in [-0.4, -0.2) is 37.5 Å². The smallest absolute Gasteiger partial charge is 0.340 e. The number of nitrogens with two attached hydrogens (primary N) is 1. The second-order valence-electron chi connectivity index (χ2n) is 5.84. The zero-order valence-electron chi connectivity index (χ0n) is 14.6. The first kappa shape index (κ1) is 20.9. The molecule has 1 saturated heterocycles. The van der Waals surface area contributed by atoms with Gasteiger partial charge < -0.3 is 20.7 Å². The van der Waals surface area contributed by atoms with Gasteiger partial charge in [-0.1, -0.05) is 12.1 Å². The van der Waals surface area contributed by atoms with Gasteiger partial charge in [0.1, 0.15) is 11.0 Å². The number of hydrogen-bond acceptors (Lipinski definition) is 6. The third kappa shape index (κ3) is 4.29. The van der Waals surface area contributed by atoms with Gasteiger partial charge >= 0.3 is 5.97 Å². The van der Waals surface area contributed by atoms with Crippen molar-refractivity contribution >= 4 is 46.5 Å². The number of hydrogen-bond donors (Lipinski definition) is 2. The van der Waals surface area contributed by atoms with Crippen LogP contribution in [0, 0.1) is 0 Å². The number of anilines is 1. The number of thiophene rings is 1. The number of nitrogens with one attached hydrogen (secondary N) is 1. The summed E-state index contributed by atoms with van der Waals surface area (Å²) in [5.74, 6) is -1.03. The minimum absolute atomic E-state index is 0. The van der Waals surface area contributed by atoms with Crippen molar-refractivity contribution < 1.29 is 19.1 Å².